The van der Waals surface area contributed by atoms with Crippen molar-refractivity contribution in [1.82, 2.24) is 9.21 Å². The predicted octanol–water partition coefficient (Wildman–Crippen LogP) is 1.75. The average Bonchev–Trinajstić information content (AvgIpc) is 2.38. The topological polar surface area (TPSA) is 40.6 Å². The molecule has 4 nitrogen and oxygen atoms in total. The molecular formula is C13H19ClN2O2S. The van der Waals surface area contributed by atoms with Crippen LogP contribution in [0.3, 0.4) is 0 Å². The van der Waals surface area contributed by atoms with Gasteiger partial charge in [-0.3, -0.25) is 0 Å². The summed E-state index contributed by atoms with van der Waals surface area (Å²) in [4.78, 5) is 2.48. The summed E-state index contributed by atoms with van der Waals surface area (Å²) >= 11 is 5.77. The highest BCUT2D eigenvalue weighted by Crippen LogP contribution is 2.22. The van der Waals surface area contributed by atoms with Crippen molar-refractivity contribution < 1.29 is 8.42 Å². The van der Waals surface area contributed by atoms with Crippen LogP contribution in [-0.4, -0.2) is 50.3 Å². The van der Waals surface area contributed by atoms with Crippen LogP contribution in [-0.2, 0) is 15.9 Å². The van der Waals surface area contributed by atoms with Crippen molar-refractivity contribution in [2.24, 2.45) is 0 Å². The fourth-order valence-electron chi connectivity index (χ4n) is 2.40. The van der Waals surface area contributed by atoms with E-state index in [1.165, 1.54) is 0 Å². The van der Waals surface area contributed by atoms with Crippen LogP contribution < -0.4 is 0 Å². The molecule has 1 aliphatic rings. The molecule has 1 atom stereocenters. The number of hydrogen-bond donors (Lipinski definition) is 0. The molecule has 0 aromatic heterocycles. The number of hydrogen-bond acceptors (Lipinski definition) is 3. The Balaban J connectivity index is 2.31. The Morgan fingerprint density at radius 1 is 1.37 bits per heavy atom. The molecule has 1 aliphatic heterocycles. The Morgan fingerprint density at radius 2 is 2.11 bits per heavy atom. The van der Waals surface area contributed by atoms with Gasteiger partial charge < -0.3 is 4.90 Å². The van der Waals surface area contributed by atoms with Gasteiger partial charge in [-0.1, -0.05) is 12.1 Å². The molecule has 1 saturated heterocycles. The highest BCUT2D eigenvalue weighted by molar-refractivity contribution is 7.89. The maximum Gasteiger partial charge on any atom is 0.243 e. The van der Waals surface area contributed by atoms with Gasteiger partial charge in [0.25, 0.3) is 0 Å². The zero-order chi connectivity index (χ0) is 14.0. The first-order valence-electron chi connectivity index (χ1n) is 6.30. The molecule has 1 fully saturated rings. The summed E-state index contributed by atoms with van der Waals surface area (Å²) in [5.41, 5.74) is 0.824. The summed E-state index contributed by atoms with van der Waals surface area (Å²) < 4.78 is 26.9. The normalized spacial score (nSPS) is 22.6. The van der Waals surface area contributed by atoms with Crippen LogP contribution >= 0.6 is 11.6 Å². The molecule has 2 rings (SSSR count). The van der Waals surface area contributed by atoms with Crippen molar-refractivity contribution in [2.75, 3.05) is 26.7 Å². The molecule has 0 spiro atoms. The van der Waals surface area contributed by atoms with E-state index in [1.807, 2.05) is 20.0 Å². The van der Waals surface area contributed by atoms with Crippen molar-refractivity contribution in [3.05, 3.63) is 29.8 Å². The van der Waals surface area contributed by atoms with Crippen molar-refractivity contribution in [3.8, 4) is 0 Å². The molecular weight excluding hydrogens is 284 g/mol. The van der Waals surface area contributed by atoms with Gasteiger partial charge in [0, 0.05) is 31.6 Å². The Bertz CT molecular complexity index is 547. The zero-order valence-electron chi connectivity index (χ0n) is 11.2. The lowest BCUT2D eigenvalue weighted by molar-refractivity contribution is 0.170. The fourth-order valence-corrected chi connectivity index (χ4v) is 4.25. The van der Waals surface area contributed by atoms with Crippen molar-refractivity contribution in [1.29, 1.82) is 0 Å². The second-order valence-electron chi connectivity index (χ2n) is 5.01. The zero-order valence-corrected chi connectivity index (χ0v) is 12.8. The second kappa shape index (κ2) is 5.79. The van der Waals surface area contributed by atoms with Gasteiger partial charge in [-0.05, 0) is 31.7 Å². The van der Waals surface area contributed by atoms with Crippen molar-refractivity contribution in [3.63, 3.8) is 0 Å². The molecule has 19 heavy (non-hydrogen) atoms. The third-order valence-electron chi connectivity index (χ3n) is 3.43. The van der Waals surface area contributed by atoms with E-state index in [0.29, 0.717) is 17.3 Å². The second-order valence-corrected chi connectivity index (χ2v) is 7.17. The van der Waals surface area contributed by atoms with Crippen LogP contribution in [0, 0.1) is 0 Å². The highest BCUT2D eigenvalue weighted by Gasteiger charge is 2.32. The third kappa shape index (κ3) is 3.11. The minimum atomic E-state index is -3.42. The lowest BCUT2D eigenvalue weighted by Crippen LogP contribution is -2.52. The first-order chi connectivity index (χ1) is 8.95. The SMILES string of the molecule is CC1CN(C)CCN1S(=O)(=O)c1cccc(CCl)c1. The number of likely N-dealkylation sites (N-methyl/N-ethyl adjacent to an activating group) is 1. The monoisotopic (exact) mass is 302 g/mol. The van der Waals surface area contributed by atoms with E-state index in [-0.39, 0.29) is 6.04 Å². The molecule has 1 aromatic carbocycles. The molecule has 0 radical (unpaired) electrons. The molecule has 1 aromatic rings. The standard InChI is InChI=1S/C13H19ClN2O2S/c1-11-10-15(2)6-7-16(11)19(17,18)13-5-3-4-12(8-13)9-14/h3-5,8,11H,6-7,9-10H2,1-2H3. The third-order valence-corrected chi connectivity index (χ3v) is 5.75. The van der Waals surface area contributed by atoms with Crippen molar-refractivity contribution >= 4 is 21.6 Å². The van der Waals surface area contributed by atoms with Crippen molar-refractivity contribution in [2.45, 2.75) is 23.7 Å². The largest absolute Gasteiger partial charge is 0.303 e. The number of alkyl halides is 1. The lowest BCUT2D eigenvalue weighted by Gasteiger charge is -2.37. The molecule has 0 amide bonds. The maximum absolute atomic E-state index is 12.6. The van der Waals surface area contributed by atoms with Gasteiger partial charge in [-0.25, -0.2) is 8.42 Å². The molecule has 1 unspecified atom stereocenters. The van der Waals surface area contributed by atoms with Crippen LogP contribution in [0.2, 0.25) is 0 Å². The predicted molar refractivity (Wildman–Crippen MR) is 76.8 cm³/mol. The number of rotatable bonds is 3. The Kier molecular flexibility index (Phi) is 4.50. The number of sulfonamides is 1. The van der Waals surface area contributed by atoms with Gasteiger partial charge in [0.2, 0.25) is 10.0 Å². The minimum Gasteiger partial charge on any atom is -0.303 e. The quantitative estimate of drug-likeness (QED) is 0.799. The van der Waals surface area contributed by atoms with E-state index >= 15 is 0 Å². The molecule has 0 saturated carbocycles. The smallest absolute Gasteiger partial charge is 0.243 e. The summed E-state index contributed by atoms with van der Waals surface area (Å²) in [6.45, 7) is 4.00. The van der Waals surface area contributed by atoms with Crippen LogP contribution in [0.4, 0.5) is 0 Å². The van der Waals surface area contributed by atoms with E-state index in [2.05, 4.69) is 4.90 Å². The molecule has 0 aliphatic carbocycles. The first kappa shape index (κ1) is 14.8. The molecule has 6 heteroatoms. The number of nitrogens with zero attached hydrogens (tertiary/aromatic N) is 2. The first-order valence-corrected chi connectivity index (χ1v) is 8.28. The van der Waals surface area contributed by atoms with Gasteiger partial charge in [0.05, 0.1) is 4.90 Å². The van der Waals surface area contributed by atoms with E-state index in [1.54, 1.807) is 22.5 Å². The average molecular weight is 303 g/mol. The van der Waals surface area contributed by atoms with Crippen LogP contribution in [0.5, 0.6) is 0 Å². The summed E-state index contributed by atoms with van der Waals surface area (Å²) in [6.07, 6.45) is 0. The van der Waals surface area contributed by atoms with Crippen LogP contribution in [0.25, 0.3) is 0 Å². The minimum absolute atomic E-state index is 0.0107. The molecule has 106 valence electrons. The van der Waals surface area contributed by atoms with E-state index in [9.17, 15) is 8.42 Å². The highest BCUT2D eigenvalue weighted by atomic mass is 35.5. The number of piperazine rings is 1. The van der Waals surface area contributed by atoms with Gasteiger partial charge >= 0.3 is 0 Å². The lowest BCUT2D eigenvalue weighted by atomic mass is 10.2. The Hall–Kier alpha value is -0.620. The van der Waals surface area contributed by atoms with Gasteiger partial charge in [0.1, 0.15) is 0 Å². The molecule has 0 N–H and O–H groups in total. The van der Waals surface area contributed by atoms with E-state index < -0.39 is 10.0 Å². The van der Waals surface area contributed by atoms with Gasteiger partial charge in [0.15, 0.2) is 0 Å². The van der Waals surface area contributed by atoms with E-state index in [0.717, 1.165) is 18.7 Å². The Morgan fingerprint density at radius 3 is 2.74 bits per heavy atom. The Labute approximate surface area is 120 Å². The van der Waals surface area contributed by atoms with Crippen LogP contribution in [0.1, 0.15) is 12.5 Å². The molecule has 1 heterocycles. The van der Waals surface area contributed by atoms with Gasteiger partial charge in [-0.15, -0.1) is 11.6 Å². The summed E-state index contributed by atoms with van der Waals surface area (Å²) in [7, 11) is -1.41. The van der Waals surface area contributed by atoms with E-state index in [4.69, 9.17) is 11.6 Å². The number of halogens is 1. The maximum atomic E-state index is 12.6. The fraction of sp³-hybridized carbons (Fsp3) is 0.538. The summed E-state index contributed by atoms with van der Waals surface area (Å²) in [6, 6.07) is 6.86. The summed E-state index contributed by atoms with van der Waals surface area (Å²) in [5.74, 6) is 0.321. The van der Waals surface area contributed by atoms with Gasteiger partial charge in [-0.2, -0.15) is 4.31 Å². The molecule has 0 bridgehead atoms. The van der Waals surface area contributed by atoms with Crippen LogP contribution in [0.15, 0.2) is 29.2 Å². The number of benzene rings is 1. The summed E-state index contributed by atoms with van der Waals surface area (Å²) in [5, 5.41) is 0.